The van der Waals surface area contributed by atoms with E-state index >= 15 is 0 Å². The number of halogens is 3. The Bertz CT molecular complexity index is 1060. The molecule has 0 amide bonds. The average molecular weight is 411 g/mol. The number of nitrogens with one attached hydrogen (secondary N) is 1. The molecule has 0 saturated carbocycles. The second-order valence-corrected chi connectivity index (χ2v) is 6.62. The lowest BCUT2D eigenvalue weighted by molar-refractivity contribution is -0.138. The molecule has 1 saturated heterocycles. The van der Waals surface area contributed by atoms with Crippen molar-refractivity contribution in [2.45, 2.75) is 18.6 Å². The number of alkyl halides is 3. The minimum Gasteiger partial charge on any atom is -0.324 e. The summed E-state index contributed by atoms with van der Waals surface area (Å²) < 4.78 is 41.0. The highest BCUT2D eigenvalue weighted by Crippen LogP contribution is 2.41. The monoisotopic (exact) mass is 411 g/mol. The third-order valence-corrected chi connectivity index (χ3v) is 4.64. The van der Waals surface area contributed by atoms with E-state index in [9.17, 15) is 13.2 Å². The van der Waals surface area contributed by atoms with Gasteiger partial charge in [-0.05, 0) is 29.8 Å². The Labute approximate surface area is 170 Å². The molecule has 9 heteroatoms. The molecule has 1 aliphatic heterocycles. The number of hydrogen-bond acceptors (Lipinski definition) is 6. The first-order chi connectivity index (χ1) is 14.5. The van der Waals surface area contributed by atoms with Gasteiger partial charge in [-0.2, -0.15) is 23.4 Å². The van der Waals surface area contributed by atoms with Crippen LogP contribution in [0.25, 0.3) is 0 Å². The number of aromatic nitrogens is 2. The highest BCUT2D eigenvalue weighted by molar-refractivity contribution is 5.58. The van der Waals surface area contributed by atoms with Gasteiger partial charge in [-0.1, -0.05) is 30.3 Å². The molecule has 0 aliphatic carbocycles. The van der Waals surface area contributed by atoms with Crippen molar-refractivity contribution in [2.75, 3.05) is 17.0 Å². The lowest BCUT2D eigenvalue weighted by Crippen LogP contribution is -2.26. The number of nitriles is 1. The lowest BCUT2D eigenvalue weighted by atomic mass is 10.0. The zero-order valence-corrected chi connectivity index (χ0v) is 15.6. The Hall–Kier alpha value is -3.64. The van der Waals surface area contributed by atoms with E-state index in [1.54, 1.807) is 24.3 Å². The zero-order valence-electron chi connectivity index (χ0n) is 15.6. The first-order valence-corrected chi connectivity index (χ1v) is 9.14. The fourth-order valence-corrected chi connectivity index (χ4v) is 3.21. The van der Waals surface area contributed by atoms with Crippen molar-refractivity contribution in [2.24, 2.45) is 0 Å². The molecule has 4 rings (SSSR count). The lowest BCUT2D eigenvalue weighted by Gasteiger charge is -2.26. The number of anilines is 3. The fourth-order valence-electron chi connectivity index (χ4n) is 3.21. The summed E-state index contributed by atoms with van der Waals surface area (Å²) in [5, 5.41) is 13.0. The van der Waals surface area contributed by atoms with E-state index in [0.29, 0.717) is 17.7 Å². The largest absolute Gasteiger partial charge is 0.421 e. The SMILES string of the molecule is N#Cc1ccc(Nc2ncc(C(F)(F)F)c(N3OCCC3c3ccccc3)n2)cc1. The Balaban J connectivity index is 1.71. The maximum absolute atomic E-state index is 13.7. The van der Waals surface area contributed by atoms with Crippen LogP contribution in [-0.2, 0) is 11.0 Å². The normalized spacial score (nSPS) is 16.3. The molecule has 1 unspecified atom stereocenters. The van der Waals surface area contributed by atoms with Gasteiger partial charge in [0.15, 0.2) is 5.82 Å². The summed E-state index contributed by atoms with van der Waals surface area (Å²) >= 11 is 0. The van der Waals surface area contributed by atoms with Gasteiger partial charge in [0.1, 0.15) is 5.56 Å². The molecular formula is C21H16F3N5O. The van der Waals surface area contributed by atoms with Crippen LogP contribution in [0.5, 0.6) is 0 Å². The maximum atomic E-state index is 13.7. The first-order valence-electron chi connectivity index (χ1n) is 9.14. The number of hydrogen-bond donors (Lipinski definition) is 1. The van der Waals surface area contributed by atoms with Gasteiger partial charge >= 0.3 is 6.18 Å². The minimum absolute atomic E-state index is 0.00924. The molecule has 152 valence electrons. The topological polar surface area (TPSA) is 74.1 Å². The molecule has 0 spiro atoms. The van der Waals surface area contributed by atoms with Crippen LogP contribution in [0.1, 0.15) is 29.2 Å². The molecule has 1 fully saturated rings. The van der Waals surface area contributed by atoms with Gasteiger partial charge in [0, 0.05) is 18.3 Å². The Kier molecular flexibility index (Phi) is 5.25. The molecule has 0 radical (unpaired) electrons. The third-order valence-electron chi connectivity index (χ3n) is 4.64. The van der Waals surface area contributed by atoms with Crippen LogP contribution in [0.2, 0.25) is 0 Å². The maximum Gasteiger partial charge on any atom is 0.421 e. The molecule has 1 aromatic heterocycles. The number of nitrogens with zero attached hydrogens (tertiary/aromatic N) is 4. The van der Waals surface area contributed by atoms with E-state index in [2.05, 4.69) is 15.3 Å². The van der Waals surface area contributed by atoms with Gasteiger partial charge in [0.2, 0.25) is 5.95 Å². The number of rotatable bonds is 4. The van der Waals surface area contributed by atoms with Gasteiger partial charge in [0.25, 0.3) is 0 Å². The van der Waals surface area contributed by atoms with Gasteiger partial charge in [-0.15, -0.1) is 0 Å². The fraction of sp³-hybridized carbons (Fsp3) is 0.190. The van der Waals surface area contributed by atoms with Gasteiger partial charge < -0.3 is 5.32 Å². The quantitative estimate of drug-likeness (QED) is 0.652. The molecule has 1 atom stereocenters. The summed E-state index contributed by atoms with van der Waals surface area (Å²) in [7, 11) is 0. The van der Waals surface area contributed by atoms with E-state index in [0.717, 1.165) is 11.8 Å². The summed E-state index contributed by atoms with van der Waals surface area (Å²) in [6.45, 7) is 0.277. The molecule has 0 bridgehead atoms. The van der Waals surface area contributed by atoms with E-state index in [1.165, 1.54) is 5.06 Å². The van der Waals surface area contributed by atoms with E-state index in [1.807, 2.05) is 36.4 Å². The molecular weight excluding hydrogens is 395 g/mol. The second kappa shape index (κ2) is 8.00. The van der Waals surface area contributed by atoms with Crippen molar-refractivity contribution in [1.82, 2.24) is 9.97 Å². The van der Waals surface area contributed by atoms with Crippen LogP contribution in [0.4, 0.5) is 30.6 Å². The average Bonchev–Trinajstić information content (AvgIpc) is 3.24. The van der Waals surface area contributed by atoms with Crippen LogP contribution in [-0.4, -0.2) is 16.6 Å². The summed E-state index contributed by atoms with van der Waals surface area (Å²) in [5.74, 6) is -0.356. The van der Waals surface area contributed by atoms with Crippen molar-refractivity contribution in [3.05, 3.63) is 77.5 Å². The molecule has 1 aliphatic rings. The Morgan fingerprint density at radius 2 is 1.83 bits per heavy atom. The predicted octanol–water partition coefficient (Wildman–Crippen LogP) is 4.99. The van der Waals surface area contributed by atoms with Crippen molar-refractivity contribution in [3.63, 3.8) is 0 Å². The molecule has 6 nitrogen and oxygen atoms in total. The van der Waals surface area contributed by atoms with Crippen LogP contribution < -0.4 is 10.4 Å². The summed E-state index contributed by atoms with van der Waals surface area (Å²) in [6, 6.07) is 17.2. The van der Waals surface area contributed by atoms with Gasteiger partial charge in [0.05, 0.1) is 24.3 Å². The number of hydroxylamine groups is 1. The van der Waals surface area contributed by atoms with E-state index in [-0.39, 0.29) is 18.4 Å². The number of benzene rings is 2. The van der Waals surface area contributed by atoms with Crippen LogP contribution >= 0.6 is 0 Å². The van der Waals surface area contributed by atoms with Crippen LogP contribution in [0.15, 0.2) is 60.8 Å². The van der Waals surface area contributed by atoms with E-state index in [4.69, 9.17) is 10.1 Å². The smallest absolute Gasteiger partial charge is 0.324 e. The van der Waals surface area contributed by atoms with Crippen molar-refractivity contribution >= 4 is 17.5 Å². The molecule has 3 aromatic rings. The highest BCUT2D eigenvalue weighted by Gasteiger charge is 2.40. The van der Waals surface area contributed by atoms with Crippen molar-refractivity contribution in [1.29, 1.82) is 5.26 Å². The molecule has 2 aromatic carbocycles. The molecule has 1 N–H and O–H groups in total. The molecule has 30 heavy (non-hydrogen) atoms. The highest BCUT2D eigenvalue weighted by atomic mass is 19.4. The van der Waals surface area contributed by atoms with Crippen LogP contribution in [0.3, 0.4) is 0 Å². The van der Waals surface area contributed by atoms with Crippen molar-refractivity contribution < 1.29 is 18.0 Å². The summed E-state index contributed by atoms with van der Waals surface area (Å²) in [6.07, 6.45) is -3.36. The van der Waals surface area contributed by atoms with Crippen LogP contribution in [0, 0.1) is 11.3 Å². The standard InChI is InChI=1S/C21H16F3N5O/c22-21(23,24)17-13-26-20(27-16-8-6-14(12-25)7-9-16)28-19(17)29-18(10-11-30-29)15-4-2-1-3-5-15/h1-9,13,18H,10-11H2,(H,26,27,28). The minimum atomic E-state index is -4.64. The predicted molar refractivity (Wildman–Crippen MR) is 104 cm³/mol. The zero-order chi connectivity index (χ0) is 21.1. The molecule has 2 heterocycles. The Morgan fingerprint density at radius 3 is 2.50 bits per heavy atom. The third kappa shape index (κ3) is 4.04. The summed E-state index contributed by atoms with van der Waals surface area (Å²) in [5.41, 5.74) is 0.867. The summed E-state index contributed by atoms with van der Waals surface area (Å²) in [4.78, 5) is 13.5. The Morgan fingerprint density at radius 1 is 1.10 bits per heavy atom. The van der Waals surface area contributed by atoms with Crippen molar-refractivity contribution in [3.8, 4) is 6.07 Å². The van der Waals surface area contributed by atoms with Gasteiger partial charge in [-0.25, -0.2) is 10.0 Å². The van der Waals surface area contributed by atoms with Gasteiger partial charge in [-0.3, -0.25) is 4.84 Å². The second-order valence-electron chi connectivity index (χ2n) is 6.62. The van der Waals surface area contributed by atoms with E-state index < -0.39 is 17.8 Å². The first kappa shape index (κ1) is 19.7.